The van der Waals surface area contributed by atoms with Gasteiger partial charge < -0.3 is 14.4 Å². The Bertz CT molecular complexity index is 857. The molecule has 0 N–H and O–H groups in total. The maximum atomic E-state index is 13.0. The number of rotatable bonds is 2. The van der Waals surface area contributed by atoms with E-state index in [1.54, 1.807) is 0 Å². The predicted molar refractivity (Wildman–Crippen MR) is 119 cm³/mol. The first kappa shape index (κ1) is 20.9. The van der Waals surface area contributed by atoms with Crippen molar-refractivity contribution < 1.29 is 14.3 Å². The summed E-state index contributed by atoms with van der Waals surface area (Å²) in [7, 11) is 0. The molecule has 160 valence electrons. The number of hydrogen-bond donors (Lipinski definition) is 0. The molecule has 0 atom stereocenters. The summed E-state index contributed by atoms with van der Waals surface area (Å²) in [5.74, 6) is 1.76. The predicted octanol–water partition coefficient (Wildman–Crippen LogP) is 4.90. The van der Waals surface area contributed by atoms with Gasteiger partial charge in [-0.2, -0.15) is 0 Å². The third kappa shape index (κ3) is 5.63. The van der Waals surface area contributed by atoms with Gasteiger partial charge in [-0.15, -0.1) is 0 Å². The van der Waals surface area contributed by atoms with E-state index in [1.807, 2.05) is 4.90 Å². The van der Waals surface area contributed by atoms with Crippen molar-refractivity contribution in [3.05, 3.63) is 64.7 Å². The van der Waals surface area contributed by atoms with Crippen molar-refractivity contribution in [2.24, 2.45) is 5.92 Å². The van der Waals surface area contributed by atoms with Gasteiger partial charge in [-0.3, -0.25) is 4.79 Å². The number of carbonyl (C=O) groups is 1. The maximum Gasteiger partial charge on any atom is 0.223 e. The fraction of sp³-hybridized carbons (Fsp3) is 0.500. The maximum absolute atomic E-state index is 13.0. The van der Waals surface area contributed by atoms with Crippen LogP contribution >= 0.6 is 0 Å². The molecule has 4 nitrogen and oxygen atoms in total. The zero-order valence-electron chi connectivity index (χ0n) is 18.1. The first-order valence-electron chi connectivity index (χ1n) is 11.3. The zero-order valence-corrected chi connectivity index (χ0v) is 18.1. The molecule has 0 unspecified atom stereocenters. The van der Waals surface area contributed by atoms with E-state index in [-0.39, 0.29) is 5.91 Å². The molecule has 1 heterocycles. The molecular weight excluding hydrogens is 374 g/mol. The Hall–Kier alpha value is -2.33. The molecule has 0 spiro atoms. The van der Waals surface area contributed by atoms with Crippen molar-refractivity contribution in [2.45, 2.75) is 52.0 Å². The third-order valence-corrected chi connectivity index (χ3v) is 6.26. The second-order valence-electron chi connectivity index (χ2n) is 8.74. The quantitative estimate of drug-likeness (QED) is 0.710. The molecule has 2 aliphatic rings. The number of amides is 1. The monoisotopic (exact) mass is 407 g/mol. The van der Waals surface area contributed by atoms with Crippen LogP contribution in [0.1, 0.15) is 54.4 Å². The van der Waals surface area contributed by atoms with Crippen LogP contribution in [-0.2, 0) is 22.5 Å². The number of hydrogen-bond acceptors (Lipinski definition) is 3. The van der Waals surface area contributed by atoms with Crippen LogP contribution in [0.5, 0.6) is 5.75 Å². The van der Waals surface area contributed by atoms with E-state index in [0.29, 0.717) is 45.2 Å². The molecule has 2 bridgehead atoms. The summed E-state index contributed by atoms with van der Waals surface area (Å²) in [6.45, 7) is 4.99. The minimum absolute atomic E-state index is 0.264. The van der Waals surface area contributed by atoms with Gasteiger partial charge in [0.05, 0.1) is 13.2 Å². The van der Waals surface area contributed by atoms with Crippen molar-refractivity contribution in [2.75, 3.05) is 26.4 Å². The number of nitrogens with zero attached hydrogens (tertiary/aromatic N) is 1. The van der Waals surface area contributed by atoms with Crippen LogP contribution in [0.3, 0.4) is 0 Å². The standard InChI is InChI=1S/C26H33NO3/c1-20-9-10-25-24(15-20)17-22-7-4-8-23(16-22)19-27(11-12-29-13-14-30-25)26(28)18-21-5-2-3-6-21/h4,7-10,15-16,21H,2-3,5-6,11-14,17-19H2,1H3. The number of ether oxygens (including phenoxy) is 2. The SMILES string of the molecule is Cc1ccc2c(c1)Cc1cccc(c1)CN(C(=O)CC1CCCC1)CCOCCO2. The fourth-order valence-corrected chi connectivity index (χ4v) is 4.64. The fourth-order valence-electron chi connectivity index (χ4n) is 4.64. The lowest BCUT2D eigenvalue weighted by atomic mass is 10.00. The van der Waals surface area contributed by atoms with Crippen LogP contribution in [0.2, 0.25) is 0 Å². The van der Waals surface area contributed by atoms with Gasteiger partial charge >= 0.3 is 0 Å². The van der Waals surface area contributed by atoms with Crippen LogP contribution in [-0.4, -0.2) is 37.2 Å². The highest BCUT2D eigenvalue weighted by molar-refractivity contribution is 5.76. The van der Waals surface area contributed by atoms with Crippen molar-refractivity contribution in [1.29, 1.82) is 0 Å². The van der Waals surface area contributed by atoms with Gasteiger partial charge in [0.25, 0.3) is 0 Å². The molecular formula is C26H33NO3. The molecule has 30 heavy (non-hydrogen) atoms. The first-order valence-corrected chi connectivity index (χ1v) is 11.3. The minimum Gasteiger partial charge on any atom is -0.491 e. The summed E-state index contributed by atoms with van der Waals surface area (Å²) >= 11 is 0. The number of carbonyl (C=O) groups excluding carboxylic acids is 1. The van der Waals surface area contributed by atoms with Crippen LogP contribution < -0.4 is 4.74 Å². The lowest BCUT2D eigenvalue weighted by molar-refractivity contribution is -0.133. The molecule has 2 aromatic carbocycles. The molecule has 0 aromatic heterocycles. The summed E-state index contributed by atoms with van der Waals surface area (Å²) in [6, 6.07) is 15.0. The zero-order chi connectivity index (χ0) is 20.8. The Kier molecular flexibility index (Phi) is 7.06. The largest absolute Gasteiger partial charge is 0.491 e. The van der Waals surface area contributed by atoms with Gasteiger partial charge in [-0.1, -0.05) is 54.8 Å². The summed E-state index contributed by atoms with van der Waals surface area (Å²) in [4.78, 5) is 15.0. The molecule has 4 heteroatoms. The third-order valence-electron chi connectivity index (χ3n) is 6.26. The van der Waals surface area contributed by atoms with Crippen molar-refractivity contribution >= 4 is 5.91 Å². The van der Waals surface area contributed by atoms with Crippen LogP contribution in [0, 0.1) is 12.8 Å². The van der Waals surface area contributed by atoms with E-state index >= 15 is 0 Å². The summed E-state index contributed by atoms with van der Waals surface area (Å²) in [5.41, 5.74) is 4.85. The highest BCUT2D eigenvalue weighted by Crippen LogP contribution is 2.28. The average Bonchev–Trinajstić information content (AvgIpc) is 3.24. The lowest BCUT2D eigenvalue weighted by Crippen LogP contribution is -2.34. The van der Waals surface area contributed by atoms with Gasteiger partial charge in [-0.25, -0.2) is 0 Å². The first-order chi connectivity index (χ1) is 14.7. The van der Waals surface area contributed by atoms with E-state index in [0.717, 1.165) is 12.2 Å². The van der Waals surface area contributed by atoms with Crippen LogP contribution in [0.4, 0.5) is 0 Å². The summed E-state index contributed by atoms with van der Waals surface area (Å²) in [6.07, 6.45) is 6.43. The number of benzene rings is 2. The van der Waals surface area contributed by atoms with Gasteiger partial charge in [0, 0.05) is 25.9 Å². The second kappa shape index (κ2) is 10.1. The van der Waals surface area contributed by atoms with Gasteiger partial charge in [-0.05, 0) is 48.4 Å². The van der Waals surface area contributed by atoms with Crippen molar-refractivity contribution in [3.8, 4) is 5.75 Å². The topological polar surface area (TPSA) is 38.8 Å². The Balaban J connectivity index is 1.54. The Morgan fingerprint density at radius 2 is 1.87 bits per heavy atom. The summed E-state index contributed by atoms with van der Waals surface area (Å²) in [5, 5.41) is 0. The molecule has 2 aromatic rings. The normalized spacial score (nSPS) is 18.4. The van der Waals surface area contributed by atoms with Crippen molar-refractivity contribution in [3.63, 3.8) is 0 Å². The Morgan fingerprint density at radius 1 is 1.03 bits per heavy atom. The smallest absolute Gasteiger partial charge is 0.223 e. The highest BCUT2D eigenvalue weighted by Gasteiger charge is 2.22. The Morgan fingerprint density at radius 3 is 2.73 bits per heavy atom. The number of fused-ring (bicyclic) bond motifs is 3. The molecule has 0 saturated heterocycles. The second-order valence-corrected chi connectivity index (χ2v) is 8.74. The van der Waals surface area contributed by atoms with E-state index in [9.17, 15) is 4.79 Å². The van der Waals surface area contributed by atoms with E-state index in [2.05, 4.69) is 49.4 Å². The van der Waals surface area contributed by atoms with Gasteiger partial charge in [0.1, 0.15) is 12.4 Å². The number of aryl methyl sites for hydroxylation is 1. The molecule has 1 amide bonds. The highest BCUT2D eigenvalue weighted by atomic mass is 16.5. The molecule has 4 rings (SSSR count). The van der Waals surface area contributed by atoms with E-state index < -0.39 is 0 Å². The van der Waals surface area contributed by atoms with Gasteiger partial charge in [0.2, 0.25) is 5.91 Å². The lowest BCUT2D eigenvalue weighted by Gasteiger charge is -2.25. The van der Waals surface area contributed by atoms with E-state index in [1.165, 1.54) is 47.9 Å². The van der Waals surface area contributed by atoms with E-state index in [4.69, 9.17) is 9.47 Å². The molecule has 0 radical (unpaired) electrons. The molecule has 1 saturated carbocycles. The van der Waals surface area contributed by atoms with Crippen molar-refractivity contribution in [1.82, 2.24) is 4.90 Å². The molecule has 1 aliphatic heterocycles. The molecule has 1 fully saturated rings. The molecule has 1 aliphatic carbocycles. The van der Waals surface area contributed by atoms with Gasteiger partial charge in [0.15, 0.2) is 0 Å². The van der Waals surface area contributed by atoms with Crippen LogP contribution in [0.25, 0.3) is 0 Å². The summed E-state index contributed by atoms with van der Waals surface area (Å²) < 4.78 is 11.8. The minimum atomic E-state index is 0.264. The average molecular weight is 408 g/mol. The Labute approximate surface area is 180 Å². The van der Waals surface area contributed by atoms with Crippen LogP contribution in [0.15, 0.2) is 42.5 Å².